The normalized spacial score (nSPS) is 16.2. The van der Waals surface area contributed by atoms with E-state index in [1.807, 2.05) is 0 Å². The van der Waals surface area contributed by atoms with Crippen molar-refractivity contribution in [3.63, 3.8) is 0 Å². The van der Waals surface area contributed by atoms with Gasteiger partial charge < -0.3 is 0 Å². The smallest absolute Gasteiger partial charge is 0.0443 e. The molecule has 0 N–H and O–H groups in total. The molecule has 0 saturated heterocycles. The summed E-state index contributed by atoms with van der Waals surface area (Å²) < 4.78 is 0. The van der Waals surface area contributed by atoms with E-state index in [1.165, 1.54) is 103 Å². The van der Waals surface area contributed by atoms with Crippen molar-refractivity contribution in [1.29, 1.82) is 0 Å². The highest BCUT2D eigenvalue weighted by Gasteiger charge is 2.09. The first-order valence-corrected chi connectivity index (χ1v) is 14.2. The van der Waals surface area contributed by atoms with E-state index in [1.54, 1.807) is 0 Å². The molecular weight excluding hydrogens is 360 g/mol. The fraction of sp³-hybridized carbons (Fsp3) is 1.00. The van der Waals surface area contributed by atoms with Crippen molar-refractivity contribution in [3.8, 4) is 0 Å². The third kappa shape index (κ3) is 21.2. The summed E-state index contributed by atoms with van der Waals surface area (Å²) in [6, 6.07) is 0. The Bertz CT molecular complexity index is 308. The van der Waals surface area contributed by atoms with Crippen LogP contribution in [0.15, 0.2) is 0 Å². The van der Waals surface area contributed by atoms with Crippen molar-refractivity contribution in [2.24, 2.45) is 35.5 Å². The summed E-state index contributed by atoms with van der Waals surface area (Å²) in [5, 5.41) is 0. The van der Waals surface area contributed by atoms with E-state index < -0.39 is 0 Å². The van der Waals surface area contributed by atoms with Gasteiger partial charge >= 0.3 is 0 Å². The average Bonchev–Trinajstić information content (AvgIpc) is 2.64. The fourth-order valence-electron chi connectivity index (χ4n) is 4.94. The third-order valence-corrected chi connectivity index (χ3v) is 7.39. The van der Waals surface area contributed by atoms with Crippen molar-refractivity contribution in [3.05, 3.63) is 0 Å². The van der Waals surface area contributed by atoms with Gasteiger partial charge in [0.2, 0.25) is 0 Å². The molecule has 0 radical (unpaired) electrons. The van der Waals surface area contributed by atoms with Gasteiger partial charge in [-0.05, 0) is 35.5 Å². The first-order chi connectivity index (χ1) is 14.2. The first kappa shape index (κ1) is 30.0. The van der Waals surface area contributed by atoms with Crippen LogP contribution in [0.3, 0.4) is 0 Å². The maximum absolute atomic E-state index is 2.49. The van der Waals surface area contributed by atoms with Crippen LogP contribution in [-0.4, -0.2) is 0 Å². The van der Waals surface area contributed by atoms with E-state index in [4.69, 9.17) is 0 Å². The van der Waals surface area contributed by atoms with Gasteiger partial charge in [0.05, 0.1) is 0 Å². The number of unbranched alkanes of at least 4 members (excludes halogenated alkanes) is 1. The Kier molecular flexibility index (Phi) is 19.7. The van der Waals surface area contributed by atoms with Crippen LogP contribution in [0.1, 0.15) is 158 Å². The van der Waals surface area contributed by atoms with E-state index in [2.05, 4.69) is 55.4 Å². The van der Waals surface area contributed by atoms with Crippen molar-refractivity contribution in [2.45, 2.75) is 158 Å². The molecule has 0 aromatic carbocycles. The van der Waals surface area contributed by atoms with E-state index >= 15 is 0 Å². The van der Waals surface area contributed by atoms with Crippen LogP contribution in [-0.2, 0) is 0 Å². The molecule has 0 aliphatic carbocycles. The Morgan fingerprint density at radius 3 is 0.700 bits per heavy atom. The highest BCUT2D eigenvalue weighted by atomic mass is 14.1. The molecule has 0 aromatic heterocycles. The Hall–Kier alpha value is 0. The number of hydrogen-bond acceptors (Lipinski definition) is 0. The summed E-state index contributed by atoms with van der Waals surface area (Å²) >= 11 is 0. The molecule has 0 unspecified atom stereocenters. The minimum absolute atomic E-state index is 0.878. The van der Waals surface area contributed by atoms with Gasteiger partial charge in [0.15, 0.2) is 0 Å². The lowest BCUT2D eigenvalue weighted by Gasteiger charge is -2.16. The average molecular weight is 423 g/mol. The van der Waals surface area contributed by atoms with Gasteiger partial charge in [-0.2, -0.15) is 0 Å². The molecule has 0 aliphatic rings. The van der Waals surface area contributed by atoms with Gasteiger partial charge in [0.1, 0.15) is 0 Å². The molecule has 0 heteroatoms. The highest BCUT2D eigenvalue weighted by molar-refractivity contribution is 4.62. The molecule has 0 bridgehead atoms. The van der Waals surface area contributed by atoms with Crippen molar-refractivity contribution < 1.29 is 0 Å². The summed E-state index contributed by atoms with van der Waals surface area (Å²) in [5.41, 5.74) is 0. The maximum atomic E-state index is 2.49. The Morgan fingerprint density at radius 2 is 0.467 bits per heavy atom. The van der Waals surface area contributed by atoms with Crippen LogP contribution < -0.4 is 0 Å². The molecule has 0 aromatic rings. The van der Waals surface area contributed by atoms with E-state index in [9.17, 15) is 0 Å². The van der Waals surface area contributed by atoms with Crippen LogP contribution >= 0.6 is 0 Å². The van der Waals surface area contributed by atoms with Crippen LogP contribution in [0.4, 0.5) is 0 Å². The summed E-state index contributed by atoms with van der Waals surface area (Å²) in [4.78, 5) is 0. The number of rotatable bonds is 21. The largest absolute Gasteiger partial charge is 0.0628 e. The maximum Gasteiger partial charge on any atom is -0.0443 e. The molecule has 0 nitrogen and oxygen atoms in total. The predicted molar refractivity (Wildman–Crippen MR) is 140 cm³/mol. The lowest BCUT2D eigenvalue weighted by Crippen LogP contribution is -2.01. The van der Waals surface area contributed by atoms with Gasteiger partial charge in [-0.25, -0.2) is 0 Å². The Balaban J connectivity index is 3.54. The molecule has 0 spiro atoms. The van der Waals surface area contributed by atoms with Gasteiger partial charge in [-0.3, -0.25) is 0 Å². The molecule has 182 valence electrons. The lowest BCUT2D eigenvalue weighted by atomic mass is 9.90. The molecule has 0 aliphatic heterocycles. The minimum Gasteiger partial charge on any atom is -0.0628 e. The lowest BCUT2D eigenvalue weighted by molar-refractivity contribution is 0.369. The van der Waals surface area contributed by atoms with Crippen LogP contribution in [0, 0.1) is 35.5 Å². The zero-order chi connectivity index (χ0) is 22.8. The monoisotopic (exact) mass is 422 g/mol. The molecule has 0 fully saturated rings. The van der Waals surface area contributed by atoms with Crippen molar-refractivity contribution in [2.75, 3.05) is 0 Å². The van der Waals surface area contributed by atoms with E-state index in [-0.39, 0.29) is 0 Å². The second-order valence-corrected chi connectivity index (χ2v) is 12.2. The molecule has 0 saturated carbocycles. The summed E-state index contributed by atoms with van der Waals surface area (Å²) in [6.07, 6.45) is 23.2. The minimum atomic E-state index is 0.878. The van der Waals surface area contributed by atoms with E-state index in [0.717, 1.165) is 35.5 Å². The van der Waals surface area contributed by atoms with Gasteiger partial charge in [0, 0.05) is 0 Å². The highest BCUT2D eigenvalue weighted by Crippen LogP contribution is 2.24. The molecule has 0 heterocycles. The SMILES string of the molecule is CC(C)CCC[C@@H](C)CCC[C@H](C)CCCC[C@@H](C)CCC[C@@H](C)CCCC(C)C. The van der Waals surface area contributed by atoms with Gasteiger partial charge in [0.25, 0.3) is 0 Å². The second-order valence-electron chi connectivity index (χ2n) is 12.2. The first-order valence-electron chi connectivity index (χ1n) is 14.2. The molecular formula is C30H62. The number of hydrogen-bond donors (Lipinski definition) is 0. The third-order valence-electron chi connectivity index (χ3n) is 7.39. The second kappa shape index (κ2) is 19.7. The van der Waals surface area contributed by atoms with Gasteiger partial charge in [-0.1, -0.05) is 158 Å². The van der Waals surface area contributed by atoms with Crippen molar-refractivity contribution in [1.82, 2.24) is 0 Å². The zero-order valence-electron chi connectivity index (χ0n) is 22.8. The molecule has 0 rings (SSSR count). The Labute approximate surface area is 193 Å². The Morgan fingerprint density at radius 1 is 0.267 bits per heavy atom. The molecule has 30 heavy (non-hydrogen) atoms. The standard InChI is InChI=1S/C30H62/c1-25(2)15-11-19-29(7)23-13-21-27(5)17-9-10-18-28(6)22-14-24-30(8)20-12-16-26(3)4/h25-30H,9-24H2,1-8H3/t27-,28-,29-,30+/m1/s1. The van der Waals surface area contributed by atoms with Crippen LogP contribution in [0.25, 0.3) is 0 Å². The predicted octanol–water partition coefficient (Wildman–Crippen LogP) is 11.1. The summed E-state index contributed by atoms with van der Waals surface area (Å²) in [7, 11) is 0. The van der Waals surface area contributed by atoms with Gasteiger partial charge in [-0.15, -0.1) is 0 Å². The quantitative estimate of drug-likeness (QED) is 0.161. The molecule has 4 atom stereocenters. The zero-order valence-corrected chi connectivity index (χ0v) is 22.8. The fourth-order valence-corrected chi connectivity index (χ4v) is 4.94. The summed E-state index contributed by atoms with van der Waals surface area (Å²) in [6.45, 7) is 19.3. The van der Waals surface area contributed by atoms with E-state index in [0.29, 0.717) is 0 Å². The molecule has 0 amide bonds. The topological polar surface area (TPSA) is 0 Å². The van der Waals surface area contributed by atoms with Crippen molar-refractivity contribution >= 4 is 0 Å². The van der Waals surface area contributed by atoms with Crippen LogP contribution in [0.2, 0.25) is 0 Å². The summed E-state index contributed by atoms with van der Waals surface area (Å²) in [5.74, 6) is 5.51. The van der Waals surface area contributed by atoms with Crippen LogP contribution in [0.5, 0.6) is 0 Å².